The maximum Gasteiger partial charge on any atom is 0.316 e. The van der Waals surface area contributed by atoms with Gasteiger partial charge in [0.25, 0.3) is 0 Å². The Labute approximate surface area is 107 Å². The Hall–Kier alpha value is -1.64. The van der Waals surface area contributed by atoms with Gasteiger partial charge in [0.2, 0.25) is 0 Å². The van der Waals surface area contributed by atoms with Crippen molar-refractivity contribution in [2.24, 2.45) is 11.8 Å². The summed E-state index contributed by atoms with van der Waals surface area (Å²) in [5.41, 5.74) is 2.17. The molecular formula is C15H18O3. The highest BCUT2D eigenvalue weighted by Crippen LogP contribution is 2.33. The Balaban J connectivity index is 2.11. The van der Waals surface area contributed by atoms with Gasteiger partial charge in [0.15, 0.2) is 5.78 Å². The lowest BCUT2D eigenvalue weighted by atomic mass is 9.92. The number of hydrogen-bond acceptors (Lipinski definition) is 3. The molecule has 96 valence electrons. The highest BCUT2D eigenvalue weighted by Gasteiger charge is 2.38. The van der Waals surface area contributed by atoms with Crippen LogP contribution < -0.4 is 0 Å². The maximum atomic E-state index is 12.1. The van der Waals surface area contributed by atoms with Crippen LogP contribution >= 0.6 is 0 Å². The minimum atomic E-state index is -0.634. The number of carbonyl (C=O) groups excluding carboxylic acids is 2. The maximum absolute atomic E-state index is 12.1. The molecule has 0 radical (unpaired) electrons. The van der Waals surface area contributed by atoms with Gasteiger partial charge in [-0.05, 0) is 31.7 Å². The molecule has 1 aliphatic carbocycles. The molecule has 18 heavy (non-hydrogen) atoms. The summed E-state index contributed by atoms with van der Waals surface area (Å²) in [6.07, 6.45) is 2.28. The molecule has 1 fully saturated rings. The lowest BCUT2D eigenvalue weighted by molar-refractivity contribution is -0.149. The van der Waals surface area contributed by atoms with Crippen LogP contribution in [0.4, 0.5) is 0 Å². The molecule has 0 heterocycles. The fourth-order valence-corrected chi connectivity index (χ4v) is 2.05. The van der Waals surface area contributed by atoms with Crippen LogP contribution in [-0.2, 0) is 20.7 Å². The van der Waals surface area contributed by atoms with Gasteiger partial charge >= 0.3 is 5.97 Å². The third kappa shape index (κ3) is 2.97. The molecule has 0 spiro atoms. The van der Waals surface area contributed by atoms with Gasteiger partial charge in [0, 0.05) is 5.92 Å². The Bertz CT molecular complexity index is 443. The van der Waals surface area contributed by atoms with Gasteiger partial charge in [-0.15, -0.1) is 0 Å². The Morgan fingerprint density at radius 1 is 1.28 bits per heavy atom. The van der Waals surface area contributed by atoms with Crippen molar-refractivity contribution >= 4 is 11.8 Å². The summed E-state index contributed by atoms with van der Waals surface area (Å²) in [5, 5.41) is 0. The monoisotopic (exact) mass is 246 g/mol. The number of carbonyl (C=O) groups is 2. The van der Waals surface area contributed by atoms with Gasteiger partial charge < -0.3 is 4.74 Å². The van der Waals surface area contributed by atoms with E-state index >= 15 is 0 Å². The predicted octanol–water partition coefficient (Wildman–Crippen LogP) is 2.31. The van der Waals surface area contributed by atoms with Crippen LogP contribution in [0, 0.1) is 18.8 Å². The minimum absolute atomic E-state index is 0.0439. The van der Waals surface area contributed by atoms with Crippen LogP contribution in [-0.4, -0.2) is 18.9 Å². The SMILES string of the molecule is COC(=O)C(Cc1ccc(C)cc1)C(=O)C1CC1. The lowest BCUT2D eigenvalue weighted by Gasteiger charge is -2.13. The van der Waals surface area contributed by atoms with Crippen molar-refractivity contribution in [3.05, 3.63) is 35.4 Å². The molecule has 3 nitrogen and oxygen atoms in total. The topological polar surface area (TPSA) is 43.4 Å². The summed E-state index contributed by atoms with van der Waals surface area (Å²) in [6.45, 7) is 2.01. The smallest absolute Gasteiger partial charge is 0.316 e. The molecule has 0 amide bonds. The Kier molecular flexibility index (Phi) is 3.80. The molecule has 1 aromatic carbocycles. The van der Waals surface area contributed by atoms with Crippen molar-refractivity contribution in [3.63, 3.8) is 0 Å². The second-order valence-corrected chi connectivity index (χ2v) is 4.94. The zero-order valence-corrected chi connectivity index (χ0v) is 10.8. The van der Waals surface area contributed by atoms with Gasteiger partial charge in [0.05, 0.1) is 7.11 Å². The van der Waals surface area contributed by atoms with Gasteiger partial charge in [-0.3, -0.25) is 9.59 Å². The number of aryl methyl sites for hydroxylation is 1. The molecule has 2 rings (SSSR count). The van der Waals surface area contributed by atoms with E-state index < -0.39 is 11.9 Å². The number of esters is 1. The summed E-state index contributed by atoms with van der Waals surface area (Å²) in [5.74, 6) is -0.917. The molecule has 0 aromatic heterocycles. The Morgan fingerprint density at radius 3 is 2.39 bits per heavy atom. The molecule has 1 saturated carbocycles. The molecule has 1 aliphatic rings. The molecule has 0 aliphatic heterocycles. The van der Waals surface area contributed by atoms with Crippen molar-refractivity contribution in [2.75, 3.05) is 7.11 Å². The van der Waals surface area contributed by atoms with E-state index in [0.717, 1.165) is 18.4 Å². The van der Waals surface area contributed by atoms with E-state index in [1.165, 1.54) is 12.7 Å². The largest absolute Gasteiger partial charge is 0.468 e. The molecular weight excluding hydrogens is 228 g/mol. The van der Waals surface area contributed by atoms with E-state index in [1.807, 2.05) is 31.2 Å². The minimum Gasteiger partial charge on any atom is -0.468 e. The van der Waals surface area contributed by atoms with Crippen LogP contribution in [0.25, 0.3) is 0 Å². The average Bonchev–Trinajstić information content (AvgIpc) is 3.20. The first-order chi connectivity index (χ1) is 8.61. The molecule has 1 unspecified atom stereocenters. The number of hydrogen-bond donors (Lipinski definition) is 0. The quantitative estimate of drug-likeness (QED) is 0.591. The highest BCUT2D eigenvalue weighted by molar-refractivity contribution is 6.01. The van der Waals surface area contributed by atoms with Crippen LogP contribution in [0.2, 0.25) is 0 Å². The second-order valence-electron chi connectivity index (χ2n) is 4.94. The summed E-state index contributed by atoms with van der Waals surface area (Å²) < 4.78 is 4.75. The molecule has 1 atom stereocenters. The normalized spacial score (nSPS) is 16.1. The average molecular weight is 246 g/mol. The number of ketones is 1. The van der Waals surface area contributed by atoms with E-state index in [1.54, 1.807) is 0 Å². The van der Waals surface area contributed by atoms with Crippen LogP contribution in [0.5, 0.6) is 0 Å². The number of rotatable bonds is 5. The number of benzene rings is 1. The zero-order valence-electron chi connectivity index (χ0n) is 10.8. The van der Waals surface area contributed by atoms with E-state index in [9.17, 15) is 9.59 Å². The van der Waals surface area contributed by atoms with Crippen molar-refractivity contribution in [1.29, 1.82) is 0 Å². The molecule has 0 N–H and O–H groups in total. The summed E-state index contributed by atoms with van der Waals surface area (Å²) in [4.78, 5) is 23.8. The third-order valence-electron chi connectivity index (χ3n) is 3.37. The third-order valence-corrected chi connectivity index (χ3v) is 3.37. The van der Waals surface area contributed by atoms with Crippen LogP contribution in [0.1, 0.15) is 24.0 Å². The van der Waals surface area contributed by atoms with E-state index in [0.29, 0.717) is 6.42 Å². The van der Waals surface area contributed by atoms with Crippen LogP contribution in [0.3, 0.4) is 0 Å². The summed E-state index contributed by atoms with van der Waals surface area (Å²) in [7, 11) is 1.34. The molecule has 0 saturated heterocycles. The van der Waals surface area contributed by atoms with Crippen molar-refractivity contribution in [3.8, 4) is 0 Å². The fraction of sp³-hybridized carbons (Fsp3) is 0.467. The Morgan fingerprint density at radius 2 is 1.89 bits per heavy atom. The number of ether oxygens (including phenoxy) is 1. The van der Waals surface area contributed by atoms with Gasteiger partial charge in [-0.1, -0.05) is 29.8 Å². The summed E-state index contributed by atoms with van der Waals surface area (Å²) >= 11 is 0. The zero-order chi connectivity index (χ0) is 13.1. The van der Waals surface area contributed by atoms with E-state index in [4.69, 9.17) is 4.74 Å². The first-order valence-corrected chi connectivity index (χ1v) is 6.29. The van der Waals surface area contributed by atoms with Gasteiger partial charge in [-0.2, -0.15) is 0 Å². The second kappa shape index (κ2) is 5.34. The van der Waals surface area contributed by atoms with Crippen LogP contribution in [0.15, 0.2) is 24.3 Å². The van der Waals surface area contributed by atoms with Crippen molar-refractivity contribution in [1.82, 2.24) is 0 Å². The number of Topliss-reactive ketones (excluding diaryl/α,β-unsaturated/α-hetero) is 1. The van der Waals surface area contributed by atoms with Crippen molar-refractivity contribution < 1.29 is 14.3 Å². The predicted molar refractivity (Wildman–Crippen MR) is 68.1 cm³/mol. The van der Waals surface area contributed by atoms with E-state index in [-0.39, 0.29) is 11.7 Å². The summed E-state index contributed by atoms with van der Waals surface area (Å²) in [6, 6.07) is 7.91. The first-order valence-electron chi connectivity index (χ1n) is 6.29. The molecule has 1 aromatic rings. The number of methoxy groups -OCH3 is 1. The van der Waals surface area contributed by atoms with Gasteiger partial charge in [-0.25, -0.2) is 0 Å². The first kappa shape index (κ1) is 12.8. The lowest BCUT2D eigenvalue weighted by Crippen LogP contribution is -2.28. The van der Waals surface area contributed by atoms with E-state index in [2.05, 4.69) is 0 Å². The van der Waals surface area contributed by atoms with Gasteiger partial charge in [0.1, 0.15) is 5.92 Å². The fourth-order valence-electron chi connectivity index (χ4n) is 2.05. The molecule has 0 bridgehead atoms. The standard InChI is InChI=1S/C15H18O3/c1-10-3-5-11(6-4-10)9-13(15(17)18-2)14(16)12-7-8-12/h3-6,12-13H,7-9H2,1-2H3. The molecule has 3 heteroatoms. The highest BCUT2D eigenvalue weighted by atomic mass is 16.5. The van der Waals surface area contributed by atoms with Crippen molar-refractivity contribution in [2.45, 2.75) is 26.2 Å².